The van der Waals surface area contributed by atoms with Gasteiger partial charge in [-0.3, -0.25) is 9.59 Å². The van der Waals surface area contributed by atoms with Gasteiger partial charge in [0.1, 0.15) is 5.82 Å². The number of aryl methyl sites for hydroxylation is 1. The summed E-state index contributed by atoms with van der Waals surface area (Å²) in [5.41, 5.74) is 8.59. The smallest absolute Gasteiger partial charge is 0.273 e. The molecule has 1 aliphatic rings. The van der Waals surface area contributed by atoms with E-state index in [1.165, 1.54) is 37.0 Å². The van der Waals surface area contributed by atoms with Gasteiger partial charge < -0.3 is 16.4 Å². The Morgan fingerprint density at radius 1 is 1.17 bits per heavy atom. The van der Waals surface area contributed by atoms with E-state index in [-0.39, 0.29) is 23.1 Å². The van der Waals surface area contributed by atoms with Crippen molar-refractivity contribution in [1.29, 1.82) is 0 Å². The van der Waals surface area contributed by atoms with E-state index in [9.17, 15) is 14.0 Å². The number of fused-ring (bicyclic) bond motifs is 1. The molecule has 0 fully saturated rings. The van der Waals surface area contributed by atoms with Crippen LogP contribution in [0.15, 0.2) is 48.7 Å². The van der Waals surface area contributed by atoms with Crippen LogP contribution in [0.4, 0.5) is 10.2 Å². The number of nitrogens with zero attached hydrogens (tertiary/aromatic N) is 2. The molecule has 1 heterocycles. The van der Waals surface area contributed by atoms with E-state index in [0.717, 1.165) is 18.4 Å². The predicted octanol–water partition coefficient (Wildman–Crippen LogP) is 2.64. The lowest BCUT2D eigenvalue weighted by atomic mass is 10.1. The molecule has 1 unspecified atom stereocenters. The molecule has 4 rings (SSSR count). The van der Waals surface area contributed by atoms with Gasteiger partial charge in [-0.2, -0.15) is 0 Å². The van der Waals surface area contributed by atoms with Gasteiger partial charge in [-0.1, -0.05) is 24.3 Å². The van der Waals surface area contributed by atoms with Crippen LogP contribution in [-0.2, 0) is 6.42 Å². The number of hydrogen-bond acceptors (Lipinski definition) is 5. The van der Waals surface area contributed by atoms with Crippen molar-refractivity contribution >= 4 is 17.6 Å². The molecule has 1 aromatic heterocycles. The second kappa shape index (κ2) is 7.90. The van der Waals surface area contributed by atoms with E-state index >= 15 is 0 Å². The third-order valence-electron chi connectivity index (χ3n) is 5.19. The SMILES string of the molecule is CNC(=O)c1nc(-c2ccc(F)c(C(=O)NC3CCc4ccccc43)c2)cnc1N. The number of aromatic nitrogens is 2. The predicted molar refractivity (Wildman–Crippen MR) is 110 cm³/mol. The lowest BCUT2D eigenvalue weighted by Crippen LogP contribution is -2.28. The Balaban J connectivity index is 1.63. The fraction of sp³-hybridized carbons (Fsp3) is 0.182. The zero-order chi connectivity index (χ0) is 21.3. The molecule has 2 amide bonds. The fourth-order valence-electron chi connectivity index (χ4n) is 3.62. The number of nitrogens with one attached hydrogen (secondary N) is 2. The molecule has 3 aromatic rings. The lowest BCUT2D eigenvalue weighted by Gasteiger charge is -2.15. The Kier molecular flexibility index (Phi) is 5.14. The largest absolute Gasteiger partial charge is 0.382 e. The Bertz CT molecular complexity index is 1150. The third kappa shape index (κ3) is 3.59. The van der Waals surface area contributed by atoms with Crippen molar-refractivity contribution in [3.05, 3.63) is 76.9 Å². The van der Waals surface area contributed by atoms with Gasteiger partial charge in [0.15, 0.2) is 11.5 Å². The van der Waals surface area contributed by atoms with E-state index in [0.29, 0.717) is 11.3 Å². The van der Waals surface area contributed by atoms with Crippen LogP contribution in [0.5, 0.6) is 0 Å². The molecule has 0 spiro atoms. The average Bonchev–Trinajstić information content (AvgIpc) is 3.16. The van der Waals surface area contributed by atoms with Gasteiger partial charge >= 0.3 is 0 Å². The number of amides is 2. The summed E-state index contributed by atoms with van der Waals surface area (Å²) < 4.78 is 14.5. The van der Waals surface area contributed by atoms with Crippen molar-refractivity contribution in [3.63, 3.8) is 0 Å². The first kappa shape index (κ1) is 19.5. The number of nitrogen functional groups attached to an aromatic ring is 1. The highest BCUT2D eigenvalue weighted by Crippen LogP contribution is 2.31. The maximum Gasteiger partial charge on any atom is 0.273 e. The Morgan fingerprint density at radius 3 is 2.77 bits per heavy atom. The maximum absolute atomic E-state index is 14.5. The highest BCUT2D eigenvalue weighted by atomic mass is 19.1. The molecule has 8 heteroatoms. The van der Waals surface area contributed by atoms with Crippen LogP contribution < -0.4 is 16.4 Å². The first-order valence-electron chi connectivity index (χ1n) is 9.51. The highest BCUT2D eigenvalue weighted by molar-refractivity contribution is 5.97. The summed E-state index contributed by atoms with van der Waals surface area (Å²) in [7, 11) is 1.46. The van der Waals surface area contributed by atoms with E-state index in [1.807, 2.05) is 24.3 Å². The fourth-order valence-corrected chi connectivity index (χ4v) is 3.62. The number of carbonyl (C=O) groups excluding carboxylic acids is 2. The van der Waals surface area contributed by atoms with Crippen molar-refractivity contribution < 1.29 is 14.0 Å². The van der Waals surface area contributed by atoms with Gasteiger partial charge in [-0.25, -0.2) is 14.4 Å². The van der Waals surface area contributed by atoms with Crippen molar-refractivity contribution in [2.24, 2.45) is 0 Å². The van der Waals surface area contributed by atoms with Gasteiger partial charge in [0.2, 0.25) is 0 Å². The quantitative estimate of drug-likeness (QED) is 0.618. The minimum absolute atomic E-state index is 0.0157. The standard InChI is InChI=1S/C22H20FN5O2/c1-25-22(30)19-20(24)26-11-18(27-19)13-6-8-16(23)15(10-13)21(29)28-17-9-7-12-4-2-3-5-14(12)17/h2-6,8,10-11,17H,7,9H2,1H3,(H2,24,26)(H,25,30)(H,28,29). The first-order valence-corrected chi connectivity index (χ1v) is 9.51. The number of anilines is 1. The van der Waals surface area contributed by atoms with Gasteiger partial charge in [-0.05, 0) is 42.2 Å². The normalized spacial score (nSPS) is 14.8. The Labute approximate surface area is 172 Å². The molecule has 1 atom stereocenters. The summed E-state index contributed by atoms with van der Waals surface area (Å²) in [6.45, 7) is 0. The number of benzene rings is 2. The molecule has 7 nitrogen and oxygen atoms in total. The molecular formula is C22H20FN5O2. The minimum Gasteiger partial charge on any atom is -0.382 e. The minimum atomic E-state index is -0.641. The summed E-state index contributed by atoms with van der Waals surface area (Å²) in [5, 5.41) is 5.36. The lowest BCUT2D eigenvalue weighted by molar-refractivity contribution is 0.0930. The number of carbonyl (C=O) groups is 2. The van der Waals surface area contributed by atoms with Crippen LogP contribution in [0, 0.1) is 5.82 Å². The molecule has 152 valence electrons. The van der Waals surface area contributed by atoms with Crippen LogP contribution in [-0.4, -0.2) is 28.8 Å². The molecule has 0 saturated heterocycles. The van der Waals surface area contributed by atoms with Crippen molar-refractivity contribution in [3.8, 4) is 11.3 Å². The van der Waals surface area contributed by atoms with E-state index < -0.39 is 17.6 Å². The van der Waals surface area contributed by atoms with Crippen LogP contribution in [0.2, 0.25) is 0 Å². The van der Waals surface area contributed by atoms with Crippen molar-refractivity contribution in [2.75, 3.05) is 12.8 Å². The maximum atomic E-state index is 14.5. The van der Waals surface area contributed by atoms with E-state index in [4.69, 9.17) is 5.73 Å². The average molecular weight is 405 g/mol. The van der Waals surface area contributed by atoms with Crippen LogP contribution >= 0.6 is 0 Å². The van der Waals surface area contributed by atoms with Crippen molar-refractivity contribution in [2.45, 2.75) is 18.9 Å². The zero-order valence-electron chi connectivity index (χ0n) is 16.3. The number of halogens is 1. The van der Waals surface area contributed by atoms with E-state index in [2.05, 4.69) is 20.6 Å². The second-order valence-electron chi connectivity index (χ2n) is 7.03. The first-order chi connectivity index (χ1) is 14.5. The van der Waals surface area contributed by atoms with Crippen LogP contribution in [0.3, 0.4) is 0 Å². The molecule has 2 aromatic carbocycles. The second-order valence-corrected chi connectivity index (χ2v) is 7.03. The van der Waals surface area contributed by atoms with Crippen LogP contribution in [0.25, 0.3) is 11.3 Å². The molecule has 0 radical (unpaired) electrons. The Hall–Kier alpha value is -3.81. The van der Waals surface area contributed by atoms with Gasteiger partial charge in [0.25, 0.3) is 11.8 Å². The summed E-state index contributed by atoms with van der Waals surface area (Å²) >= 11 is 0. The zero-order valence-corrected chi connectivity index (χ0v) is 16.3. The molecule has 0 aliphatic heterocycles. The molecule has 0 bridgehead atoms. The summed E-state index contributed by atoms with van der Waals surface area (Å²) in [5.74, 6) is -1.65. The highest BCUT2D eigenvalue weighted by Gasteiger charge is 2.25. The number of nitrogens with two attached hydrogens (primary N) is 1. The van der Waals surface area contributed by atoms with E-state index in [1.54, 1.807) is 0 Å². The molecule has 4 N–H and O–H groups in total. The number of hydrogen-bond donors (Lipinski definition) is 3. The Morgan fingerprint density at radius 2 is 1.97 bits per heavy atom. The molecule has 0 saturated carbocycles. The summed E-state index contributed by atoms with van der Waals surface area (Å²) in [4.78, 5) is 33.0. The summed E-state index contributed by atoms with van der Waals surface area (Å²) in [6.07, 6.45) is 3.02. The number of rotatable bonds is 4. The summed E-state index contributed by atoms with van der Waals surface area (Å²) in [6, 6.07) is 11.8. The van der Waals surface area contributed by atoms with Crippen LogP contribution in [0.1, 0.15) is 44.4 Å². The molecule has 30 heavy (non-hydrogen) atoms. The van der Waals surface area contributed by atoms with Gasteiger partial charge in [0.05, 0.1) is 23.5 Å². The van der Waals surface area contributed by atoms with Gasteiger partial charge in [-0.15, -0.1) is 0 Å². The monoisotopic (exact) mass is 405 g/mol. The molecular weight excluding hydrogens is 385 g/mol. The van der Waals surface area contributed by atoms with Gasteiger partial charge in [0, 0.05) is 12.6 Å². The third-order valence-corrected chi connectivity index (χ3v) is 5.19. The topological polar surface area (TPSA) is 110 Å². The van der Waals surface area contributed by atoms with Crippen molar-refractivity contribution in [1.82, 2.24) is 20.6 Å². The molecule has 1 aliphatic carbocycles.